The van der Waals surface area contributed by atoms with E-state index in [2.05, 4.69) is 198 Å². The fraction of sp³-hybridized carbons (Fsp3) is 0. The summed E-state index contributed by atoms with van der Waals surface area (Å²) < 4.78 is 7.03. The molecule has 0 amide bonds. The highest BCUT2D eigenvalue weighted by Crippen LogP contribution is 2.52. The Morgan fingerprint density at radius 3 is 1.70 bits per heavy atom. The monoisotopic (exact) mass is 710 g/mol. The third kappa shape index (κ3) is 4.08. The van der Waals surface area contributed by atoms with Crippen LogP contribution in [0.25, 0.3) is 76.2 Å². The fourth-order valence-electron chi connectivity index (χ4n) is 9.86. The van der Waals surface area contributed by atoms with Gasteiger partial charge in [0.15, 0.2) is 0 Å². The molecule has 0 bridgehead atoms. The van der Waals surface area contributed by atoms with Crippen LogP contribution in [0.2, 0.25) is 0 Å². The number of anilines is 5. The Morgan fingerprint density at radius 1 is 0.375 bits per heavy atom. The maximum absolute atomic E-state index is 7.03. The van der Waals surface area contributed by atoms with E-state index in [-0.39, 0.29) is 6.85 Å². The van der Waals surface area contributed by atoms with Crippen LogP contribution in [0.5, 0.6) is 0 Å². The third-order valence-corrected chi connectivity index (χ3v) is 12.3. The lowest BCUT2D eigenvalue weighted by Gasteiger charge is -2.46. The van der Waals surface area contributed by atoms with Gasteiger partial charge in [0.2, 0.25) is 0 Å². The molecule has 3 nitrogen and oxygen atoms in total. The molecule has 0 aliphatic carbocycles. The lowest BCUT2D eigenvalue weighted by molar-refractivity contribution is 0.670. The average molecular weight is 711 g/mol. The molecule has 0 unspecified atom stereocenters. The molecule has 0 saturated carbocycles. The van der Waals surface area contributed by atoms with E-state index in [1.807, 2.05) is 0 Å². The zero-order valence-corrected chi connectivity index (χ0v) is 30.3. The minimum absolute atomic E-state index is 0.162. The highest BCUT2D eigenvalue weighted by Gasteiger charge is 2.47. The third-order valence-electron chi connectivity index (χ3n) is 12.3. The van der Waals surface area contributed by atoms with Gasteiger partial charge in [-0.25, -0.2) is 0 Å². The standard InChI is InChI=1S/C52H31BN2O/c1-3-14-35-27-39(24-21-32(35)11-1)54-45-26-23-34-13-7-8-18-41(34)50(45)53-51-47(54)31-43-42-19-9-10-20-48(42)56-52(43)49(51)44-29-37-16-5-6-17-38(37)30-46(44)55(53)40-25-22-33-12-2-4-15-36(33)28-40/h1-31H. The number of furan rings is 1. The van der Waals surface area contributed by atoms with Gasteiger partial charge in [-0.3, -0.25) is 0 Å². The molecule has 10 aromatic carbocycles. The van der Waals surface area contributed by atoms with E-state index in [0.717, 1.165) is 33.3 Å². The second kappa shape index (κ2) is 11.1. The van der Waals surface area contributed by atoms with Crippen LogP contribution in [0.3, 0.4) is 0 Å². The molecule has 0 N–H and O–H groups in total. The van der Waals surface area contributed by atoms with Crippen LogP contribution < -0.4 is 20.6 Å². The zero-order chi connectivity index (χ0) is 36.5. The minimum atomic E-state index is -0.162. The van der Waals surface area contributed by atoms with Crippen molar-refractivity contribution in [2.45, 2.75) is 0 Å². The van der Waals surface area contributed by atoms with Crippen LogP contribution in [0.4, 0.5) is 28.4 Å². The number of nitrogens with zero attached hydrogens (tertiary/aromatic N) is 2. The molecular weight excluding hydrogens is 679 g/mol. The van der Waals surface area contributed by atoms with Gasteiger partial charge in [0.1, 0.15) is 11.2 Å². The van der Waals surface area contributed by atoms with Crippen LogP contribution >= 0.6 is 0 Å². The Balaban J connectivity index is 1.25. The van der Waals surface area contributed by atoms with E-state index in [4.69, 9.17) is 4.42 Å². The van der Waals surface area contributed by atoms with Gasteiger partial charge in [0.25, 0.3) is 0 Å². The molecule has 13 rings (SSSR count). The van der Waals surface area contributed by atoms with Gasteiger partial charge in [-0.2, -0.15) is 0 Å². The molecule has 1 aromatic heterocycles. The normalized spacial score (nSPS) is 13.2. The first-order valence-corrected chi connectivity index (χ1v) is 19.4. The summed E-state index contributed by atoms with van der Waals surface area (Å²) >= 11 is 0. The number of para-hydroxylation sites is 1. The largest absolute Gasteiger partial charge is 0.455 e. The van der Waals surface area contributed by atoms with Gasteiger partial charge in [-0.05, 0) is 109 Å². The van der Waals surface area contributed by atoms with Gasteiger partial charge < -0.3 is 14.1 Å². The summed E-state index contributed by atoms with van der Waals surface area (Å²) in [5.74, 6) is 0. The van der Waals surface area contributed by atoms with Crippen molar-refractivity contribution in [3.63, 3.8) is 0 Å². The molecule has 258 valence electrons. The van der Waals surface area contributed by atoms with Crippen molar-refractivity contribution < 1.29 is 4.42 Å². The molecule has 0 radical (unpaired) electrons. The quantitative estimate of drug-likeness (QED) is 0.167. The summed E-state index contributed by atoms with van der Waals surface area (Å²) in [6.45, 7) is -0.162. The Kier molecular flexibility index (Phi) is 5.98. The van der Waals surface area contributed by atoms with Crippen molar-refractivity contribution in [3.8, 4) is 11.1 Å². The smallest absolute Gasteiger partial charge is 0.333 e. The maximum atomic E-state index is 7.03. The van der Waals surface area contributed by atoms with Crippen molar-refractivity contribution in [2.24, 2.45) is 0 Å². The molecule has 0 fully saturated rings. The topological polar surface area (TPSA) is 19.6 Å². The molecule has 0 atom stereocenters. The van der Waals surface area contributed by atoms with E-state index in [1.165, 1.54) is 82.2 Å². The molecule has 3 heterocycles. The number of rotatable bonds is 2. The lowest BCUT2D eigenvalue weighted by Crippen LogP contribution is -2.61. The Hall–Kier alpha value is -7.30. The first kappa shape index (κ1) is 30.1. The van der Waals surface area contributed by atoms with E-state index in [0.29, 0.717) is 0 Å². The van der Waals surface area contributed by atoms with Crippen molar-refractivity contribution in [3.05, 3.63) is 188 Å². The SMILES string of the molecule is c1ccc2cc(N3B4c5c(cc6c(oc7ccccc76)c5-c5cc6ccccc6cc53)N(c3ccc5ccccc5c3)c3ccc5ccccc5c34)ccc2c1. The Morgan fingerprint density at radius 2 is 0.946 bits per heavy atom. The van der Waals surface area contributed by atoms with Crippen molar-refractivity contribution in [1.82, 2.24) is 0 Å². The van der Waals surface area contributed by atoms with Crippen molar-refractivity contribution >= 4 is 111 Å². The van der Waals surface area contributed by atoms with E-state index >= 15 is 0 Å². The molecule has 0 saturated heterocycles. The van der Waals surface area contributed by atoms with Gasteiger partial charge in [0.05, 0.1) is 0 Å². The first-order valence-electron chi connectivity index (χ1n) is 19.4. The van der Waals surface area contributed by atoms with E-state index in [9.17, 15) is 0 Å². The number of hydrogen-bond donors (Lipinski definition) is 0. The lowest BCUT2D eigenvalue weighted by atomic mass is 9.42. The number of benzene rings is 10. The van der Waals surface area contributed by atoms with Crippen LogP contribution in [0, 0.1) is 0 Å². The predicted molar refractivity (Wildman–Crippen MR) is 237 cm³/mol. The van der Waals surface area contributed by atoms with Crippen molar-refractivity contribution in [1.29, 1.82) is 0 Å². The Labute approximate surface area is 323 Å². The second-order valence-electron chi connectivity index (χ2n) is 15.3. The van der Waals surface area contributed by atoms with Crippen molar-refractivity contribution in [2.75, 3.05) is 9.71 Å². The highest BCUT2D eigenvalue weighted by molar-refractivity contribution is 6.95. The summed E-state index contributed by atoms with van der Waals surface area (Å²) in [6, 6.07) is 69.2. The fourth-order valence-corrected chi connectivity index (χ4v) is 9.86. The molecule has 0 spiro atoms. The van der Waals surface area contributed by atoms with E-state index in [1.54, 1.807) is 0 Å². The van der Waals surface area contributed by atoms with E-state index < -0.39 is 0 Å². The Bertz CT molecular complexity index is 3470. The van der Waals surface area contributed by atoms with Crippen LogP contribution in [-0.2, 0) is 0 Å². The minimum Gasteiger partial charge on any atom is -0.455 e. The van der Waals surface area contributed by atoms with Gasteiger partial charge in [0, 0.05) is 50.3 Å². The molecule has 4 heteroatoms. The van der Waals surface area contributed by atoms with Gasteiger partial charge in [-0.1, -0.05) is 133 Å². The molecule has 2 aliphatic rings. The first-order chi connectivity index (χ1) is 27.8. The summed E-state index contributed by atoms with van der Waals surface area (Å²) in [5, 5.41) is 12.0. The van der Waals surface area contributed by atoms with Gasteiger partial charge in [-0.15, -0.1) is 0 Å². The molecule has 2 aliphatic heterocycles. The average Bonchev–Trinajstić information content (AvgIpc) is 3.63. The summed E-state index contributed by atoms with van der Waals surface area (Å²) in [7, 11) is 0. The van der Waals surface area contributed by atoms with Crippen LogP contribution in [-0.4, -0.2) is 6.85 Å². The zero-order valence-electron chi connectivity index (χ0n) is 30.3. The summed E-state index contributed by atoms with van der Waals surface area (Å²) in [4.78, 5) is 5.15. The van der Waals surface area contributed by atoms with Crippen LogP contribution in [0.1, 0.15) is 0 Å². The highest BCUT2D eigenvalue weighted by atomic mass is 16.3. The molecule has 56 heavy (non-hydrogen) atoms. The van der Waals surface area contributed by atoms with Crippen LogP contribution in [0.15, 0.2) is 192 Å². The second-order valence-corrected chi connectivity index (χ2v) is 15.3. The van der Waals surface area contributed by atoms with Gasteiger partial charge >= 0.3 is 6.85 Å². The maximum Gasteiger partial charge on any atom is 0.333 e. The predicted octanol–water partition coefficient (Wildman–Crippen LogP) is 12.9. The molecular formula is C52H31BN2O. The summed E-state index contributed by atoms with van der Waals surface area (Å²) in [6.07, 6.45) is 0. The number of hydrogen-bond acceptors (Lipinski definition) is 3. The molecule has 11 aromatic rings. The summed E-state index contributed by atoms with van der Waals surface area (Å²) in [5.41, 5.74) is 12.5. The number of fused-ring (bicyclic) bond motifs is 13.